The van der Waals surface area contributed by atoms with Crippen LogP contribution in [-0.2, 0) is 36.8 Å². The van der Waals surface area contributed by atoms with Crippen molar-refractivity contribution < 1.29 is 29.1 Å². The highest BCUT2D eigenvalue weighted by Crippen LogP contribution is 2.20. The number of benzene rings is 1. The molecule has 0 radical (unpaired) electrons. The second-order valence-corrected chi connectivity index (χ2v) is 12.4. The lowest BCUT2D eigenvalue weighted by Gasteiger charge is -2.30. The Morgan fingerprint density at radius 1 is 1.00 bits per heavy atom. The van der Waals surface area contributed by atoms with Gasteiger partial charge in [-0.2, -0.15) is 0 Å². The van der Waals surface area contributed by atoms with E-state index in [4.69, 9.17) is 17.2 Å². The van der Waals surface area contributed by atoms with Gasteiger partial charge in [0.25, 0.3) is 0 Å². The Labute approximate surface area is 279 Å². The zero-order chi connectivity index (χ0) is 35.2. The van der Waals surface area contributed by atoms with Gasteiger partial charge in [0.1, 0.15) is 24.2 Å². The van der Waals surface area contributed by atoms with Gasteiger partial charge in [-0.15, -0.1) is 0 Å². The Bertz CT molecular complexity index is 1400. The van der Waals surface area contributed by atoms with E-state index in [1.807, 2.05) is 19.9 Å². The number of hydrogen-bond donors (Lipinski definition) is 8. The predicted octanol–water partition coefficient (Wildman–Crippen LogP) is -0.848. The number of carbonyl (C=O) groups is 5. The third-order valence-electron chi connectivity index (χ3n) is 7.97. The Balaban J connectivity index is 1.81. The minimum absolute atomic E-state index is 0.00205. The molecule has 5 atom stereocenters. The topological polar surface area (TPSA) is 264 Å². The quantitative estimate of drug-likeness (QED) is 0.0554. The fraction of sp³-hybridized carbons (Fsp3) is 0.531. The van der Waals surface area contributed by atoms with E-state index >= 15 is 0 Å². The third kappa shape index (κ3) is 11.7. The number of carboxylic acids is 1. The summed E-state index contributed by atoms with van der Waals surface area (Å²) in [6, 6.07) is 3.83. The van der Waals surface area contributed by atoms with Gasteiger partial charge in [0.15, 0.2) is 5.96 Å². The first-order valence-corrected chi connectivity index (χ1v) is 16.1. The first kappa shape index (κ1) is 37.5. The van der Waals surface area contributed by atoms with E-state index in [1.54, 1.807) is 24.3 Å². The first-order valence-electron chi connectivity index (χ1n) is 16.1. The summed E-state index contributed by atoms with van der Waals surface area (Å²) in [5, 5.41) is 17.9. The number of amides is 4. The molecule has 0 spiro atoms. The SMILES string of the molecule is CC(C)C[C@H](NC(=O)[C@H](Cc1cnc[nH]1)NC(=O)[C@H](Cc1ccccc1)NC(=O)[C@@H](N)CCCN=C(N)N)C(=O)N1CCC[C@H]1C(=O)O. The average Bonchev–Trinajstić information content (AvgIpc) is 3.74. The molecule has 0 saturated carbocycles. The van der Waals surface area contributed by atoms with Crippen LogP contribution >= 0.6 is 0 Å². The van der Waals surface area contributed by atoms with Crippen molar-refractivity contribution in [1.29, 1.82) is 0 Å². The molecule has 1 aromatic heterocycles. The van der Waals surface area contributed by atoms with Crippen LogP contribution in [0.3, 0.4) is 0 Å². The van der Waals surface area contributed by atoms with E-state index in [2.05, 4.69) is 30.9 Å². The molecule has 11 N–H and O–H groups in total. The van der Waals surface area contributed by atoms with E-state index < -0.39 is 59.8 Å². The zero-order valence-electron chi connectivity index (χ0n) is 27.4. The maximum atomic E-state index is 13.9. The molecule has 1 aromatic carbocycles. The molecule has 262 valence electrons. The Morgan fingerprint density at radius 3 is 2.25 bits per heavy atom. The number of nitrogens with two attached hydrogens (primary N) is 3. The van der Waals surface area contributed by atoms with Gasteiger partial charge in [-0.3, -0.25) is 24.2 Å². The Morgan fingerprint density at radius 2 is 1.65 bits per heavy atom. The van der Waals surface area contributed by atoms with Gasteiger partial charge in [-0.25, -0.2) is 9.78 Å². The van der Waals surface area contributed by atoms with E-state index in [9.17, 15) is 29.1 Å². The van der Waals surface area contributed by atoms with Crippen LogP contribution in [0.5, 0.6) is 0 Å². The molecule has 48 heavy (non-hydrogen) atoms. The normalized spacial score (nSPS) is 16.8. The highest BCUT2D eigenvalue weighted by atomic mass is 16.4. The molecule has 4 amide bonds. The maximum Gasteiger partial charge on any atom is 0.326 e. The molecule has 3 rings (SSSR count). The summed E-state index contributed by atoms with van der Waals surface area (Å²) >= 11 is 0. The minimum atomic E-state index is -1.18. The second-order valence-electron chi connectivity index (χ2n) is 12.4. The monoisotopic (exact) mass is 668 g/mol. The molecule has 2 heterocycles. The summed E-state index contributed by atoms with van der Waals surface area (Å²) in [5.41, 5.74) is 18.1. The minimum Gasteiger partial charge on any atom is -0.480 e. The number of carboxylic acid groups (broad SMARTS) is 1. The number of guanidine groups is 1. The zero-order valence-corrected chi connectivity index (χ0v) is 27.4. The number of nitrogens with one attached hydrogen (secondary N) is 4. The van der Waals surface area contributed by atoms with Crippen molar-refractivity contribution in [3.8, 4) is 0 Å². The predicted molar refractivity (Wildman–Crippen MR) is 178 cm³/mol. The molecule has 1 fully saturated rings. The highest BCUT2D eigenvalue weighted by molar-refractivity contribution is 5.95. The summed E-state index contributed by atoms with van der Waals surface area (Å²) in [5.74, 6) is -3.52. The number of carbonyl (C=O) groups excluding carboxylic acids is 4. The molecule has 0 aliphatic carbocycles. The highest BCUT2D eigenvalue weighted by Gasteiger charge is 2.39. The number of likely N-dealkylation sites (tertiary alicyclic amines) is 1. The van der Waals surface area contributed by atoms with E-state index in [0.29, 0.717) is 25.0 Å². The lowest BCUT2D eigenvalue weighted by Crippen LogP contribution is -2.59. The number of aliphatic imine (C=N–C) groups is 1. The Hall–Kier alpha value is -4.99. The average molecular weight is 669 g/mol. The molecule has 0 bridgehead atoms. The lowest BCUT2D eigenvalue weighted by molar-refractivity contribution is -0.149. The Kier molecular flexibility index (Phi) is 14.3. The largest absolute Gasteiger partial charge is 0.480 e. The van der Waals surface area contributed by atoms with Crippen molar-refractivity contribution in [2.45, 2.75) is 89.0 Å². The van der Waals surface area contributed by atoms with Crippen molar-refractivity contribution in [2.75, 3.05) is 13.1 Å². The maximum absolute atomic E-state index is 13.9. The summed E-state index contributed by atoms with van der Waals surface area (Å²) in [6.45, 7) is 4.33. The molecular weight excluding hydrogens is 620 g/mol. The number of rotatable bonds is 18. The van der Waals surface area contributed by atoms with Crippen molar-refractivity contribution in [1.82, 2.24) is 30.8 Å². The molecule has 0 unspecified atom stereocenters. The summed E-state index contributed by atoms with van der Waals surface area (Å²) in [4.78, 5) is 78.3. The van der Waals surface area contributed by atoms with Crippen LogP contribution in [0.1, 0.15) is 57.2 Å². The number of aliphatic carboxylic acids is 1. The van der Waals surface area contributed by atoms with Gasteiger partial charge in [0, 0.05) is 37.8 Å². The van der Waals surface area contributed by atoms with Crippen LogP contribution in [0.25, 0.3) is 0 Å². The molecule has 16 nitrogen and oxygen atoms in total. The molecule has 1 aliphatic rings. The summed E-state index contributed by atoms with van der Waals surface area (Å²) in [6.07, 6.45) is 4.88. The fourth-order valence-corrected chi connectivity index (χ4v) is 5.54. The number of imidazole rings is 1. The first-order chi connectivity index (χ1) is 22.8. The number of H-pyrrole nitrogens is 1. The fourth-order valence-electron chi connectivity index (χ4n) is 5.54. The van der Waals surface area contributed by atoms with Gasteiger partial charge in [0.2, 0.25) is 23.6 Å². The van der Waals surface area contributed by atoms with Gasteiger partial charge in [0.05, 0.1) is 12.4 Å². The van der Waals surface area contributed by atoms with Crippen molar-refractivity contribution >= 4 is 35.6 Å². The number of aromatic nitrogens is 2. The van der Waals surface area contributed by atoms with Gasteiger partial charge >= 0.3 is 5.97 Å². The molecule has 1 saturated heterocycles. The van der Waals surface area contributed by atoms with Gasteiger partial charge < -0.3 is 48.1 Å². The van der Waals surface area contributed by atoms with Gasteiger partial charge in [-0.1, -0.05) is 44.2 Å². The number of nitrogens with zero attached hydrogens (tertiary/aromatic N) is 3. The smallest absolute Gasteiger partial charge is 0.326 e. The van der Waals surface area contributed by atoms with E-state index in [-0.39, 0.29) is 50.7 Å². The standard InChI is InChI=1S/C32H48N10O6/c1-19(2)14-25(30(46)42-13-7-11-26(42)31(47)48)41-29(45)24(16-21-17-36-18-38-21)40-28(44)23(15-20-8-4-3-5-9-20)39-27(43)22(33)10-6-12-37-32(34)35/h3-5,8-9,17-19,22-26H,6-7,10-16,33H2,1-2H3,(H,36,38)(H,39,43)(H,40,44)(H,41,45)(H,47,48)(H4,34,35,37)/t22-,23-,24-,25-,26-/m0/s1. The van der Waals surface area contributed by atoms with Crippen molar-refractivity contribution in [3.05, 3.63) is 54.1 Å². The third-order valence-corrected chi connectivity index (χ3v) is 7.97. The summed E-state index contributed by atoms with van der Waals surface area (Å²) in [7, 11) is 0. The van der Waals surface area contributed by atoms with Gasteiger partial charge in [-0.05, 0) is 43.6 Å². The van der Waals surface area contributed by atoms with Crippen LogP contribution in [0.4, 0.5) is 0 Å². The lowest BCUT2D eigenvalue weighted by atomic mass is 10.0. The van der Waals surface area contributed by atoms with Crippen LogP contribution in [0.15, 0.2) is 47.8 Å². The number of aromatic amines is 1. The molecular formula is C32H48N10O6. The van der Waals surface area contributed by atoms with Crippen molar-refractivity contribution in [3.63, 3.8) is 0 Å². The molecule has 2 aromatic rings. The van der Waals surface area contributed by atoms with E-state index in [0.717, 1.165) is 5.56 Å². The van der Waals surface area contributed by atoms with Crippen LogP contribution in [-0.4, -0.2) is 98.8 Å². The second kappa shape index (κ2) is 18.4. The molecule has 1 aliphatic heterocycles. The van der Waals surface area contributed by atoms with Crippen LogP contribution < -0.4 is 33.2 Å². The summed E-state index contributed by atoms with van der Waals surface area (Å²) < 4.78 is 0. The van der Waals surface area contributed by atoms with E-state index in [1.165, 1.54) is 17.4 Å². The van der Waals surface area contributed by atoms with Crippen LogP contribution in [0, 0.1) is 5.92 Å². The molecule has 16 heteroatoms. The number of hydrogen-bond acceptors (Lipinski definition) is 8. The van der Waals surface area contributed by atoms with Crippen LogP contribution in [0.2, 0.25) is 0 Å². The van der Waals surface area contributed by atoms with Crippen molar-refractivity contribution in [2.24, 2.45) is 28.1 Å².